The molecule has 2 N–H and O–H groups in total. The molecule has 2 aromatic heterocycles. The number of nitrogens with zero attached hydrogens (tertiary/aromatic N) is 4. The fourth-order valence-corrected chi connectivity index (χ4v) is 1.95. The van der Waals surface area contributed by atoms with Crippen LogP contribution in [0.2, 0.25) is 0 Å². The Labute approximate surface area is 114 Å². The second kappa shape index (κ2) is 5.12. The summed E-state index contributed by atoms with van der Waals surface area (Å²) in [6.07, 6.45) is 4.51. The molecule has 3 rings (SSSR count). The van der Waals surface area contributed by atoms with Crippen LogP contribution in [0.5, 0.6) is 0 Å². The van der Waals surface area contributed by atoms with Crippen LogP contribution in [0.25, 0.3) is 5.69 Å². The quantitative estimate of drug-likeness (QED) is 0.764. The van der Waals surface area contributed by atoms with Gasteiger partial charge in [-0.3, -0.25) is 5.10 Å². The van der Waals surface area contributed by atoms with Gasteiger partial charge in [-0.25, -0.2) is 14.1 Å². The average Bonchev–Trinajstić information content (AvgIpc) is 3.12. The van der Waals surface area contributed by atoms with Gasteiger partial charge in [-0.15, -0.1) is 0 Å². The maximum absolute atomic E-state index is 14.1. The highest BCUT2D eigenvalue weighted by molar-refractivity contribution is 5.50. The molecular formula is C13H13FN6. The first-order chi connectivity index (χ1) is 9.74. The molecule has 0 spiro atoms. The molecule has 0 fully saturated rings. The summed E-state index contributed by atoms with van der Waals surface area (Å²) >= 11 is 0. The second-order valence-corrected chi connectivity index (χ2v) is 4.38. The van der Waals surface area contributed by atoms with Crippen molar-refractivity contribution < 1.29 is 4.39 Å². The molecule has 1 atom stereocenters. The summed E-state index contributed by atoms with van der Waals surface area (Å²) in [5.74, 6) is -0.364. The van der Waals surface area contributed by atoms with E-state index in [1.54, 1.807) is 18.3 Å². The molecule has 1 aromatic carbocycles. The molecule has 7 heteroatoms. The smallest absolute Gasteiger partial charge is 0.150 e. The van der Waals surface area contributed by atoms with Gasteiger partial charge in [0.25, 0.3) is 0 Å². The van der Waals surface area contributed by atoms with Crippen LogP contribution in [0.1, 0.15) is 18.7 Å². The van der Waals surface area contributed by atoms with Crippen molar-refractivity contribution >= 4 is 5.69 Å². The van der Waals surface area contributed by atoms with E-state index >= 15 is 0 Å². The molecule has 102 valence electrons. The van der Waals surface area contributed by atoms with Gasteiger partial charge >= 0.3 is 0 Å². The van der Waals surface area contributed by atoms with Crippen LogP contribution in [0.4, 0.5) is 10.1 Å². The highest BCUT2D eigenvalue weighted by Gasteiger charge is 2.10. The molecule has 0 aliphatic heterocycles. The van der Waals surface area contributed by atoms with Crippen LogP contribution in [-0.4, -0.2) is 25.0 Å². The van der Waals surface area contributed by atoms with E-state index in [-0.39, 0.29) is 11.9 Å². The number of rotatable bonds is 4. The number of anilines is 1. The third-order valence-corrected chi connectivity index (χ3v) is 2.99. The van der Waals surface area contributed by atoms with Crippen molar-refractivity contribution in [2.45, 2.75) is 13.0 Å². The molecule has 20 heavy (non-hydrogen) atoms. The Morgan fingerprint density at radius 2 is 2.25 bits per heavy atom. The zero-order valence-corrected chi connectivity index (χ0v) is 10.8. The lowest BCUT2D eigenvalue weighted by atomic mass is 10.2. The van der Waals surface area contributed by atoms with E-state index in [1.807, 2.05) is 13.0 Å². The lowest BCUT2D eigenvalue weighted by Crippen LogP contribution is -2.08. The van der Waals surface area contributed by atoms with Crippen molar-refractivity contribution in [2.75, 3.05) is 5.32 Å². The minimum Gasteiger partial charge on any atom is -0.377 e. The van der Waals surface area contributed by atoms with Crippen LogP contribution >= 0.6 is 0 Å². The van der Waals surface area contributed by atoms with Crippen molar-refractivity contribution in [3.63, 3.8) is 0 Å². The molecule has 0 aliphatic carbocycles. The van der Waals surface area contributed by atoms with E-state index < -0.39 is 0 Å². The predicted octanol–water partition coefficient (Wildman–Crippen LogP) is 2.30. The standard InChI is InChI=1S/C13H13FN6/c1-9(12-4-5-16-19-12)18-10-2-3-13(11(14)6-10)20-8-15-7-17-20/h2-9,18H,1H3,(H,16,19). The third kappa shape index (κ3) is 2.37. The van der Waals surface area contributed by atoms with Crippen LogP contribution in [0.15, 0.2) is 43.1 Å². The van der Waals surface area contributed by atoms with Crippen molar-refractivity contribution in [1.82, 2.24) is 25.0 Å². The molecule has 0 bridgehead atoms. The molecule has 6 nitrogen and oxygen atoms in total. The number of H-pyrrole nitrogens is 1. The zero-order chi connectivity index (χ0) is 13.9. The second-order valence-electron chi connectivity index (χ2n) is 4.38. The number of hydrogen-bond donors (Lipinski definition) is 2. The molecule has 0 radical (unpaired) electrons. The van der Waals surface area contributed by atoms with Gasteiger partial charge in [-0.1, -0.05) is 0 Å². The van der Waals surface area contributed by atoms with E-state index in [0.29, 0.717) is 11.4 Å². The van der Waals surface area contributed by atoms with E-state index in [4.69, 9.17) is 0 Å². The molecule has 0 aliphatic rings. The number of benzene rings is 1. The topological polar surface area (TPSA) is 71.4 Å². The maximum atomic E-state index is 14.1. The molecule has 3 aromatic rings. The summed E-state index contributed by atoms with van der Waals surface area (Å²) in [4.78, 5) is 3.80. The van der Waals surface area contributed by atoms with Gasteiger partial charge in [-0.05, 0) is 31.2 Å². The van der Waals surface area contributed by atoms with E-state index in [2.05, 4.69) is 25.6 Å². The van der Waals surface area contributed by atoms with Crippen LogP contribution in [0, 0.1) is 5.82 Å². The van der Waals surface area contributed by atoms with Gasteiger partial charge in [0, 0.05) is 11.9 Å². The summed E-state index contributed by atoms with van der Waals surface area (Å²) < 4.78 is 15.4. The number of aromatic nitrogens is 5. The predicted molar refractivity (Wildman–Crippen MR) is 71.9 cm³/mol. The number of hydrogen-bond acceptors (Lipinski definition) is 4. The van der Waals surface area contributed by atoms with Crippen LogP contribution < -0.4 is 5.32 Å². The maximum Gasteiger partial charge on any atom is 0.150 e. The zero-order valence-electron chi connectivity index (χ0n) is 10.8. The minimum absolute atomic E-state index is 0.00844. The summed E-state index contributed by atoms with van der Waals surface area (Å²) in [5, 5.41) is 13.9. The van der Waals surface area contributed by atoms with E-state index in [0.717, 1.165) is 5.69 Å². The third-order valence-electron chi connectivity index (χ3n) is 2.99. The molecule has 0 amide bonds. The van der Waals surface area contributed by atoms with Gasteiger partial charge in [-0.2, -0.15) is 10.2 Å². The van der Waals surface area contributed by atoms with Crippen LogP contribution in [-0.2, 0) is 0 Å². The molecule has 2 heterocycles. The van der Waals surface area contributed by atoms with Crippen molar-refractivity contribution in [2.24, 2.45) is 0 Å². The van der Waals surface area contributed by atoms with Gasteiger partial charge in [0.2, 0.25) is 0 Å². The minimum atomic E-state index is -0.364. The lowest BCUT2D eigenvalue weighted by Gasteiger charge is -2.14. The first-order valence-corrected chi connectivity index (χ1v) is 6.14. The number of nitrogens with one attached hydrogen (secondary N) is 2. The summed E-state index contributed by atoms with van der Waals surface area (Å²) in [6.45, 7) is 1.97. The fraction of sp³-hybridized carbons (Fsp3) is 0.154. The Hall–Kier alpha value is -2.70. The highest BCUT2D eigenvalue weighted by Crippen LogP contribution is 2.21. The van der Waals surface area contributed by atoms with Crippen molar-refractivity contribution in [3.05, 3.63) is 54.6 Å². The van der Waals surface area contributed by atoms with E-state index in [1.165, 1.54) is 23.4 Å². The van der Waals surface area contributed by atoms with Gasteiger partial charge < -0.3 is 5.32 Å². The molecule has 0 saturated heterocycles. The normalized spacial score (nSPS) is 12.3. The summed E-state index contributed by atoms with van der Waals surface area (Å²) in [6, 6.07) is 6.77. The Kier molecular flexibility index (Phi) is 3.16. The van der Waals surface area contributed by atoms with E-state index in [9.17, 15) is 4.39 Å². The molecule has 1 unspecified atom stereocenters. The lowest BCUT2D eigenvalue weighted by molar-refractivity contribution is 0.610. The average molecular weight is 272 g/mol. The summed E-state index contributed by atoms with van der Waals surface area (Å²) in [5.41, 5.74) is 1.99. The van der Waals surface area contributed by atoms with Crippen molar-refractivity contribution in [1.29, 1.82) is 0 Å². The Morgan fingerprint density at radius 1 is 1.35 bits per heavy atom. The number of aromatic amines is 1. The Balaban J connectivity index is 1.81. The van der Waals surface area contributed by atoms with Crippen LogP contribution in [0.3, 0.4) is 0 Å². The highest BCUT2D eigenvalue weighted by atomic mass is 19.1. The van der Waals surface area contributed by atoms with Gasteiger partial charge in [0.15, 0.2) is 5.82 Å². The van der Waals surface area contributed by atoms with Crippen molar-refractivity contribution in [3.8, 4) is 5.69 Å². The van der Waals surface area contributed by atoms with Gasteiger partial charge in [0.05, 0.1) is 11.7 Å². The molecule has 0 saturated carbocycles. The largest absolute Gasteiger partial charge is 0.377 e. The van der Waals surface area contributed by atoms with Gasteiger partial charge in [0.1, 0.15) is 18.3 Å². The first-order valence-electron chi connectivity index (χ1n) is 6.14. The number of halogens is 1. The Morgan fingerprint density at radius 3 is 2.90 bits per heavy atom. The fourth-order valence-electron chi connectivity index (χ4n) is 1.95. The Bertz CT molecular complexity index is 677. The SMILES string of the molecule is CC(Nc1ccc(-n2cncn2)c(F)c1)c1ccn[nH]1. The monoisotopic (exact) mass is 272 g/mol. The first kappa shape index (κ1) is 12.3. The summed E-state index contributed by atoms with van der Waals surface area (Å²) in [7, 11) is 0. The molecular weight excluding hydrogens is 259 g/mol.